The van der Waals surface area contributed by atoms with Gasteiger partial charge in [-0.25, -0.2) is 15.0 Å². The Morgan fingerprint density at radius 2 is 0.964 bits per heavy atom. The average Bonchev–Trinajstić information content (AvgIpc) is 3.77. The maximum absolute atomic E-state index is 9.68. The molecule has 9 aromatic carbocycles. The largest absolute Gasteiger partial charge is 0.455 e. The molecule has 0 bridgehead atoms. The molecule has 55 heavy (non-hydrogen) atoms. The predicted molar refractivity (Wildman–Crippen MR) is 227 cm³/mol. The lowest BCUT2D eigenvalue weighted by Gasteiger charge is -2.10. The quantitative estimate of drug-likeness (QED) is 0.178. The van der Waals surface area contributed by atoms with Crippen molar-refractivity contribution < 1.29 is 22.2 Å². The first kappa shape index (κ1) is 20.7. The van der Waals surface area contributed by atoms with Gasteiger partial charge in [0.1, 0.15) is 11.2 Å². The van der Waals surface area contributed by atoms with Crippen molar-refractivity contribution in [2.24, 2.45) is 0 Å². The van der Waals surface area contributed by atoms with E-state index in [9.17, 15) is 5.48 Å². The highest BCUT2D eigenvalue weighted by molar-refractivity contribution is 6.19. The van der Waals surface area contributed by atoms with E-state index in [1.165, 1.54) is 0 Å². The Balaban J connectivity index is 1.19. The molecular formula is C51H31N3O. The van der Waals surface area contributed by atoms with Crippen molar-refractivity contribution in [3.8, 4) is 56.4 Å². The third kappa shape index (κ3) is 5.43. The summed E-state index contributed by atoms with van der Waals surface area (Å²) in [6.07, 6.45) is 0. The summed E-state index contributed by atoms with van der Waals surface area (Å²) in [6, 6.07) is 26.9. The molecule has 0 saturated heterocycles. The molecule has 0 aliphatic carbocycles. The minimum absolute atomic E-state index is 0.138. The summed E-state index contributed by atoms with van der Waals surface area (Å²) in [5.74, 6) is 0.283. The van der Waals surface area contributed by atoms with E-state index in [0.29, 0.717) is 11.1 Å². The number of benzene rings is 9. The molecule has 0 N–H and O–H groups in total. The average molecular weight is 715 g/mol. The van der Waals surface area contributed by atoms with Gasteiger partial charge in [-0.15, -0.1) is 0 Å². The molecule has 4 heteroatoms. The van der Waals surface area contributed by atoms with Crippen molar-refractivity contribution in [1.82, 2.24) is 15.0 Å². The van der Waals surface area contributed by atoms with Gasteiger partial charge in [0.05, 0.1) is 17.8 Å². The Bertz CT molecular complexity index is 4000. The summed E-state index contributed by atoms with van der Waals surface area (Å²) in [4.78, 5) is 14.6. The molecule has 0 unspecified atom stereocenters. The molecule has 0 aliphatic rings. The van der Waals surface area contributed by atoms with Crippen LogP contribution in [0.3, 0.4) is 0 Å². The zero-order chi connectivity index (χ0) is 47.6. The summed E-state index contributed by atoms with van der Waals surface area (Å²) >= 11 is 0. The fraction of sp³-hybridized carbons (Fsp3) is 0. The van der Waals surface area contributed by atoms with E-state index in [-0.39, 0.29) is 55.7 Å². The number of hydrogen-bond donors (Lipinski definition) is 0. The number of fused-ring (bicyclic) bond motifs is 7. The molecule has 256 valence electrons. The van der Waals surface area contributed by atoms with Crippen molar-refractivity contribution in [1.29, 1.82) is 0 Å². The topological polar surface area (TPSA) is 51.8 Å². The van der Waals surface area contributed by atoms with Crippen LogP contribution in [-0.4, -0.2) is 15.0 Å². The second-order valence-electron chi connectivity index (χ2n) is 13.0. The number of aromatic nitrogens is 3. The van der Waals surface area contributed by atoms with Crippen molar-refractivity contribution >= 4 is 54.3 Å². The monoisotopic (exact) mass is 714 g/mol. The van der Waals surface area contributed by atoms with Crippen LogP contribution in [0.2, 0.25) is 0 Å². The van der Waals surface area contributed by atoms with E-state index in [2.05, 4.69) is 6.07 Å². The standard InChI is InChI=1S/C51H31N3O/c1-3-11-32(12-4-1)36-20-21-38-29-40(24-22-37(38)27-36)50-52-49(39-23-19-33-13-7-8-16-35(33)28-39)53-51(54-50)41-25-26-43-46-31-45(34-14-5-2-6-15-34)42-17-9-10-18-44(42)48(46)55-47(43)30-41/h1-31H/i2D,5D,6D,9D,10D,14D,15D,17D,18D,25D,26D,30D,31D. The predicted octanol–water partition coefficient (Wildman–Crippen LogP) is 13.6. The highest BCUT2D eigenvalue weighted by Crippen LogP contribution is 2.41. The summed E-state index contributed by atoms with van der Waals surface area (Å²) in [5.41, 5.74) is 1.53. The first-order valence-electron chi connectivity index (χ1n) is 24.0. The van der Waals surface area contributed by atoms with Gasteiger partial charge in [-0.1, -0.05) is 151 Å². The van der Waals surface area contributed by atoms with Gasteiger partial charge >= 0.3 is 0 Å². The van der Waals surface area contributed by atoms with Gasteiger partial charge in [0, 0.05) is 32.8 Å². The molecule has 0 fully saturated rings. The zero-order valence-electron chi connectivity index (χ0n) is 41.6. The lowest BCUT2D eigenvalue weighted by atomic mass is 9.95. The molecule has 0 spiro atoms. The Labute approximate surface area is 335 Å². The second kappa shape index (κ2) is 12.6. The van der Waals surface area contributed by atoms with Crippen LogP contribution < -0.4 is 0 Å². The van der Waals surface area contributed by atoms with E-state index >= 15 is 0 Å². The van der Waals surface area contributed by atoms with Crippen LogP contribution in [0.5, 0.6) is 0 Å². The van der Waals surface area contributed by atoms with Crippen molar-refractivity contribution in [2.45, 2.75) is 0 Å². The molecular weight excluding hydrogens is 671 g/mol. The first-order chi connectivity index (χ1) is 32.6. The van der Waals surface area contributed by atoms with Crippen LogP contribution in [0.1, 0.15) is 17.8 Å². The number of rotatable bonds is 5. The van der Waals surface area contributed by atoms with E-state index in [4.69, 9.17) is 31.7 Å². The highest BCUT2D eigenvalue weighted by atomic mass is 16.3. The van der Waals surface area contributed by atoms with Crippen LogP contribution >= 0.6 is 0 Å². The van der Waals surface area contributed by atoms with Gasteiger partial charge in [-0.2, -0.15) is 0 Å². The maximum atomic E-state index is 9.68. The Kier molecular flexibility index (Phi) is 4.75. The summed E-state index contributed by atoms with van der Waals surface area (Å²) in [5, 5.41) is 2.60. The summed E-state index contributed by atoms with van der Waals surface area (Å²) in [7, 11) is 0. The van der Waals surface area contributed by atoms with Crippen LogP contribution in [0.4, 0.5) is 0 Å². The van der Waals surface area contributed by atoms with Crippen LogP contribution in [-0.2, 0) is 0 Å². The number of furan rings is 1. The van der Waals surface area contributed by atoms with E-state index < -0.39 is 89.7 Å². The zero-order valence-corrected chi connectivity index (χ0v) is 28.6. The molecule has 0 atom stereocenters. The fourth-order valence-electron chi connectivity index (χ4n) is 7.00. The third-order valence-electron chi connectivity index (χ3n) is 9.70. The van der Waals surface area contributed by atoms with E-state index in [1.807, 2.05) is 103 Å². The number of hydrogen-bond acceptors (Lipinski definition) is 4. The molecule has 0 saturated carbocycles. The summed E-state index contributed by atoms with van der Waals surface area (Å²) in [6.45, 7) is 0. The summed E-state index contributed by atoms with van der Waals surface area (Å²) < 4.78 is 123. The van der Waals surface area contributed by atoms with Gasteiger partial charge in [-0.3, -0.25) is 0 Å². The van der Waals surface area contributed by atoms with Crippen molar-refractivity contribution in [2.75, 3.05) is 0 Å². The molecule has 4 nitrogen and oxygen atoms in total. The highest BCUT2D eigenvalue weighted by Gasteiger charge is 2.18. The normalized spacial score (nSPS) is 14.9. The fourth-order valence-corrected chi connectivity index (χ4v) is 7.00. The molecule has 2 heterocycles. The maximum Gasteiger partial charge on any atom is 0.164 e. The molecule has 2 aromatic heterocycles. The van der Waals surface area contributed by atoms with E-state index in [0.717, 1.165) is 32.7 Å². The second-order valence-corrected chi connectivity index (χ2v) is 13.0. The molecule has 11 rings (SSSR count). The molecule has 0 radical (unpaired) electrons. The third-order valence-corrected chi connectivity index (χ3v) is 9.70. The van der Waals surface area contributed by atoms with Crippen molar-refractivity contribution in [3.63, 3.8) is 0 Å². The lowest BCUT2D eigenvalue weighted by Crippen LogP contribution is -2.00. The first-order valence-corrected chi connectivity index (χ1v) is 17.5. The van der Waals surface area contributed by atoms with Gasteiger partial charge in [0.25, 0.3) is 0 Å². The van der Waals surface area contributed by atoms with Crippen LogP contribution in [0, 0.1) is 0 Å². The minimum atomic E-state index is -0.736. The van der Waals surface area contributed by atoms with Crippen LogP contribution in [0.15, 0.2) is 192 Å². The van der Waals surface area contributed by atoms with E-state index in [1.54, 1.807) is 0 Å². The molecule has 0 aliphatic heterocycles. The number of nitrogens with zero attached hydrogens (tertiary/aromatic N) is 3. The van der Waals surface area contributed by atoms with Gasteiger partial charge in [0.15, 0.2) is 17.5 Å². The lowest BCUT2D eigenvalue weighted by molar-refractivity contribution is 0.673. The Hall–Kier alpha value is -7.43. The smallest absolute Gasteiger partial charge is 0.164 e. The molecule has 0 amide bonds. The minimum Gasteiger partial charge on any atom is -0.455 e. The van der Waals surface area contributed by atoms with Gasteiger partial charge < -0.3 is 4.42 Å². The SMILES string of the molecule is [2H]c1c([2H])c([2H])c(-c2c([2H])c3c(oc4c([2H])c(-c5nc(-c6ccc7ccccc7c6)nc(-c6ccc7cc(-c8ccccc8)ccc7c6)n5)c([2H])c([2H])c43)c3c([2H])c([2H])c([2H])c([2H])c23)c([2H])c1[2H]. The molecule has 11 aromatic rings. The van der Waals surface area contributed by atoms with Crippen LogP contribution in [0.25, 0.3) is 111 Å². The Morgan fingerprint density at radius 3 is 1.71 bits per heavy atom. The van der Waals surface area contributed by atoms with Gasteiger partial charge in [0.2, 0.25) is 0 Å². The Morgan fingerprint density at radius 1 is 0.382 bits per heavy atom. The van der Waals surface area contributed by atoms with Crippen molar-refractivity contribution in [3.05, 3.63) is 188 Å². The van der Waals surface area contributed by atoms with Gasteiger partial charge in [-0.05, 0) is 85.5 Å².